The van der Waals surface area contributed by atoms with Gasteiger partial charge in [0.25, 0.3) is 5.91 Å². The van der Waals surface area contributed by atoms with Crippen LogP contribution in [0.5, 0.6) is 0 Å². The van der Waals surface area contributed by atoms with Gasteiger partial charge in [0.15, 0.2) is 11.6 Å². The summed E-state index contributed by atoms with van der Waals surface area (Å²) in [5.74, 6) is -4.24. The molecule has 0 aliphatic heterocycles. The van der Waals surface area contributed by atoms with Gasteiger partial charge in [-0.25, -0.2) is 26.3 Å². The molecule has 0 fully saturated rings. The zero-order chi connectivity index (χ0) is 21.3. The normalized spacial score (nSPS) is 13.2. The topological polar surface area (TPSA) is 75.3 Å². The maximum atomic E-state index is 14.1. The fraction of sp³-hybridized carbons (Fsp3) is 0.316. The molecule has 0 radical (unpaired) electrons. The number of sulfonamides is 1. The second kappa shape index (κ2) is 7.92. The first kappa shape index (κ1) is 21.9. The van der Waals surface area contributed by atoms with Crippen molar-refractivity contribution in [2.45, 2.75) is 38.6 Å². The Morgan fingerprint density at radius 1 is 0.964 bits per heavy atom. The van der Waals surface area contributed by atoms with E-state index in [1.165, 1.54) is 0 Å². The SMILES string of the molecule is CC(NS(=O)(=O)c1ccc(F)c(C(=O)Nc2ccc(F)c(F)c2)c1)C(C)(C)C. The predicted molar refractivity (Wildman–Crippen MR) is 99.9 cm³/mol. The molecule has 5 nitrogen and oxygen atoms in total. The van der Waals surface area contributed by atoms with E-state index in [9.17, 15) is 26.4 Å². The van der Waals surface area contributed by atoms with Gasteiger partial charge in [0.05, 0.1) is 10.5 Å². The fourth-order valence-electron chi connectivity index (χ4n) is 2.10. The molecule has 9 heteroatoms. The number of carbonyl (C=O) groups is 1. The lowest BCUT2D eigenvalue weighted by Crippen LogP contribution is -2.41. The molecule has 0 heterocycles. The van der Waals surface area contributed by atoms with Crippen molar-refractivity contribution in [3.05, 3.63) is 59.4 Å². The highest BCUT2D eigenvalue weighted by Crippen LogP contribution is 2.23. The number of halogens is 3. The summed E-state index contributed by atoms with van der Waals surface area (Å²) in [5, 5.41) is 2.21. The summed E-state index contributed by atoms with van der Waals surface area (Å²) in [7, 11) is -4.01. The molecule has 0 bridgehead atoms. The number of benzene rings is 2. The van der Waals surface area contributed by atoms with E-state index in [0.29, 0.717) is 0 Å². The Bertz CT molecular complexity index is 1000. The molecule has 1 amide bonds. The second-order valence-electron chi connectivity index (χ2n) is 7.43. The van der Waals surface area contributed by atoms with Crippen molar-refractivity contribution in [2.24, 2.45) is 5.41 Å². The van der Waals surface area contributed by atoms with Crippen LogP contribution in [0.15, 0.2) is 41.3 Å². The molecule has 0 aliphatic rings. The van der Waals surface area contributed by atoms with Crippen LogP contribution in [0.2, 0.25) is 0 Å². The maximum absolute atomic E-state index is 14.1. The van der Waals surface area contributed by atoms with Crippen molar-refractivity contribution in [2.75, 3.05) is 5.32 Å². The standard InChI is InChI=1S/C19H21F3N2O3S/c1-11(19(2,3)4)24-28(26,27)13-6-8-15(20)14(10-13)18(25)23-12-5-7-16(21)17(22)9-12/h5-11,24H,1-4H3,(H,23,25). The van der Waals surface area contributed by atoms with Crippen LogP contribution in [0.1, 0.15) is 38.1 Å². The van der Waals surface area contributed by atoms with Gasteiger partial charge < -0.3 is 5.32 Å². The summed E-state index contributed by atoms with van der Waals surface area (Å²) >= 11 is 0. The molecular formula is C19H21F3N2O3S. The molecule has 1 atom stereocenters. The summed E-state index contributed by atoms with van der Waals surface area (Å²) < 4.78 is 67.9. The van der Waals surface area contributed by atoms with Crippen molar-refractivity contribution in [1.82, 2.24) is 4.72 Å². The van der Waals surface area contributed by atoms with E-state index in [0.717, 1.165) is 36.4 Å². The number of amides is 1. The van der Waals surface area contributed by atoms with Crippen LogP contribution in [-0.2, 0) is 10.0 Å². The first-order valence-corrected chi connectivity index (χ1v) is 9.88. The van der Waals surface area contributed by atoms with Gasteiger partial charge in [0.2, 0.25) is 10.0 Å². The van der Waals surface area contributed by atoms with E-state index >= 15 is 0 Å². The Balaban J connectivity index is 2.31. The largest absolute Gasteiger partial charge is 0.322 e. The van der Waals surface area contributed by atoms with E-state index in [4.69, 9.17) is 0 Å². The third kappa shape index (κ3) is 5.11. The molecule has 0 aliphatic carbocycles. The summed E-state index contributed by atoms with van der Waals surface area (Å²) in [6, 6.07) is 5.00. The van der Waals surface area contributed by atoms with E-state index in [1.807, 2.05) is 20.8 Å². The van der Waals surface area contributed by atoms with Crippen LogP contribution in [0.3, 0.4) is 0 Å². The van der Waals surface area contributed by atoms with Crippen LogP contribution in [0.25, 0.3) is 0 Å². The lowest BCUT2D eigenvalue weighted by molar-refractivity contribution is 0.102. The van der Waals surface area contributed by atoms with Gasteiger partial charge in [-0.1, -0.05) is 20.8 Å². The molecule has 0 saturated heterocycles. The third-order valence-electron chi connectivity index (χ3n) is 4.30. The molecular weight excluding hydrogens is 393 g/mol. The van der Waals surface area contributed by atoms with E-state index in [2.05, 4.69) is 10.0 Å². The Hall–Kier alpha value is -2.39. The number of carbonyl (C=O) groups excluding carboxylic acids is 1. The molecule has 152 valence electrons. The lowest BCUT2D eigenvalue weighted by Gasteiger charge is -2.27. The van der Waals surface area contributed by atoms with Gasteiger partial charge in [-0.3, -0.25) is 4.79 Å². The highest BCUT2D eigenvalue weighted by Gasteiger charge is 2.27. The van der Waals surface area contributed by atoms with Gasteiger partial charge in [-0.2, -0.15) is 0 Å². The van der Waals surface area contributed by atoms with Gasteiger partial charge in [-0.05, 0) is 42.7 Å². The lowest BCUT2D eigenvalue weighted by atomic mass is 9.89. The average Bonchev–Trinajstić information content (AvgIpc) is 2.57. The summed E-state index contributed by atoms with van der Waals surface area (Å²) in [6.45, 7) is 7.25. The van der Waals surface area contributed by atoms with Crippen LogP contribution < -0.4 is 10.0 Å². The zero-order valence-electron chi connectivity index (χ0n) is 15.8. The van der Waals surface area contributed by atoms with E-state index < -0.39 is 45.0 Å². The average molecular weight is 414 g/mol. The molecule has 2 aromatic rings. The monoisotopic (exact) mass is 414 g/mol. The number of rotatable bonds is 5. The van der Waals surface area contributed by atoms with Gasteiger partial charge in [-0.15, -0.1) is 0 Å². The maximum Gasteiger partial charge on any atom is 0.258 e. The summed E-state index contributed by atoms with van der Waals surface area (Å²) in [4.78, 5) is 12.0. The number of hydrogen-bond donors (Lipinski definition) is 2. The molecule has 2 rings (SSSR count). The minimum atomic E-state index is -4.01. The predicted octanol–water partition coefficient (Wildman–Crippen LogP) is 4.07. The highest BCUT2D eigenvalue weighted by molar-refractivity contribution is 7.89. The number of nitrogens with one attached hydrogen (secondary N) is 2. The second-order valence-corrected chi connectivity index (χ2v) is 9.15. The van der Waals surface area contributed by atoms with Crippen molar-refractivity contribution in [1.29, 1.82) is 0 Å². The molecule has 0 saturated carbocycles. The van der Waals surface area contributed by atoms with Gasteiger partial charge >= 0.3 is 0 Å². The van der Waals surface area contributed by atoms with Crippen LogP contribution >= 0.6 is 0 Å². The molecule has 0 aromatic heterocycles. The smallest absolute Gasteiger partial charge is 0.258 e. The molecule has 1 unspecified atom stereocenters. The first-order valence-electron chi connectivity index (χ1n) is 8.39. The van der Waals surface area contributed by atoms with Crippen molar-refractivity contribution in [3.63, 3.8) is 0 Å². The van der Waals surface area contributed by atoms with Gasteiger partial charge in [0, 0.05) is 17.8 Å². The molecule has 2 aromatic carbocycles. The van der Waals surface area contributed by atoms with Crippen LogP contribution in [0, 0.1) is 22.9 Å². The fourth-order valence-corrected chi connectivity index (χ4v) is 3.57. The molecule has 2 N–H and O–H groups in total. The Kier molecular flexibility index (Phi) is 6.20. The minimum Gasteiger partial charge on any atom is -0.322 e. The molecule has 28 heavy (non-hydrogen) atoms. The summed E-state index contributed by atoms with van der Waals surface area (Å²) in [6.07, 6.45) is 0. The highest BCUT2D eigenvalue weighted by atomic mass is 32.2. The Morgan fingerprint density at radius 3 is 2.14 bits per heavy atom. The molecule has 0 spiro atoms. The minimum absolute atomic E-state index is 0.101. The van der Waals surface area contributed by atoms with Crippen molar-refractivity contribution < 1.29 is 26.4 Å². The van der Waals surface area contributed by atoms with Crippen LogP contribution in [-0.4, -0.2) is 20.4 Å². The third-order valence-corrected chi connectivity index (χ3v) is 5.84. The first-order chi connectivity index (χ1) is 12.8. The Labute approximate surface area is 162 Å². The Morgan fingerprint density at radius 2 is 1.57 bits per heavy atom. The van der Waals surface area contributed by atoms with E-state index in [-0.39, 0.29) is 16.0 Å². The van der Waals surface area contributed by atoms with Gasteiger partial charge in [0.1, 0.15) is 5.82 Å². The van der Waals surface area contributed by atoms with Crippen molar-refractivity contribution in [3.8, 4) is 0 Å². The quantitative estimate of drug-likeness (QED) is 0.775. The van der Waals surface area contributed by atoms with E-state index in [1.54, 1.807) is 6.92 Å². The van der Waals surface area contributed by atoms with Crippen molar-refractivity contribution >= 4 is 21.6 Å². The zero-order valence-corrected chi connectivity index (χ0v) is 16.6. The number of hydrogen-bond acceptors (Lipinski definition) is 3. The van der Waals surface area contributed by atoms with Crippen LogP contribution in [0.4, 0.5) is 18.9 Å². The number of anilines is 1. The summed E-state index contributed by atoms with van der Waals surface area (Å²) in [5.41, 5.74) is -1.01.